The summed E-state index contributed by atoms with van der Waals surface area (Å²) in [6.07, 6.45) is 0. The zero-order chi connectivity index (χ0) is 45.0. The predicted octanol–water partition coefficient (Wildman–Crippen LogP) is 17.6. The monoisotopic (exact) mass is 868 g/mol. The van der Waals surface area contributed by atoms with Crippen LogP contribution >= 0.6 is 0 Å². The van der Waals surface area contributed by atoms with Gasteiger partial charge in [0, 0.05) is 33.7 Å². The van der Waals surface area contributed by atoms with Crippen molar-refractivity contribution in [2.75, 3.05) is 9.80 Å². The molecule has 0 saturated carbocycles. The molecule has 1 aliphatic carbocycles. The van der Waals surface area contributed by atoms with E-state index in [-0.39, 0.29) is 0 Å². The van der Waals surface area contributed by atoms with E-state index in [2.05, 4.69) is 277 Å². The molecule has 0 spiro atoms. The smallest absolute Gasteiger partial charge is 0.160 e. The van der Waals surface area contributed by atoms with Crippen molar-refractivity contribution in [2.24, 2.45) is 0 Å². The molecule has 3 nitrogen and oxygen atoms in total. The summed E-state index contributed by atoms with van der Waals surface area (Å²) in [6.45, 7) is 0. The Bertz CT molecular complexity index is 3550. The minimum Gasteiger partial charge on any atom is -0.452 e. The Labute approximate surface area is 397 Å². The quantitative estimate of drug-likeness (QED) is 0.144. The van der Waals surface area contributed by atoms with Crippen LogP contribution in [0.2, 0.25) is 0 Å². The van der Waals surface area contributed by atoms with Gasteiger partial charge in [-0.05, 0) is 116 Å². The van der Waals surface area contributed by atoms with Gasteiger partial charge in [0.1, 0.15) is 0 Å². The highest BCUT2D eigenvalue weighted by Crippen LogP contribution is 2.60. The van der Waals surface area contributed by atoms with E-state index in [1.807, 2.05) is 0 Å². The summed E-state index contributed by atoms with van der Waals surface area (Å²) in [5.74, 6) is 1.62. The number of hydrogen-bond donors (Lipinski definition) is 0. The SMILES string of the molecule is c1ccc(-c2ccc(N(c3ccc4c(c3)C(c3ccccc3)(c3ccccc3)c3ccccc3-4)c3ccc4cccc5c4c3Oc3c-5cccc3N(c3ccccc3)c3ccccc3)cc2)cc1. The molecule has 320 valence electrons. The predicted molar refractivity (Wildman–Crippen MR) is 282 cm³/mol. The van der Waals surface area contributed by atoms with Crippen LogP contribution in [0.15, 0.2) is 267 Å². The lowest BCUT2D eigenvalue weighted by Crippen LogP contribution is -2.28. The summed E-state index contributed by atoms with van der Waals surface area (Å²) in [7, 11) is 0. The summed E-state index contributed by atoms with van der Waals surface area (Å²) < 4.78 is 7.59. The van der Waals surface area contributed by atoms with Crippen molar-refractivity contribution in [3.05, 3.63) is 289 Å². The van der Waals surface area contributed by atoms with Crippen molar-refractivity contribution in [1.82, 2.24) is 0 Å². The summed E-state index contributed by atoms with van der Waals surface area (Å²) in [4.78, 5) is 4.71. The van der Waals surface area contributed by atoms with Gasteiger partial charge in [0.05, 0.1) is 16.8 Å². The molecule has 0 atom stereocenters. The summed E-state index contributed by atoms with van der Waals surface area (Å²) in [5.41, 5.74) is 17.5. The zero-order valence-electron chi connectivity index (χ0n) is 37.2. The molecular formula is C65H44N2O. The maximum atomic E-state index is 7.59. The highest BCUT2D eigenvalue weighted by molar-refractivity contribution is 6.09. The average molecular weight is 869 g/mol. The highest BCUT2D eigenvalue weighted by atomic mass is 16.5. The van der Waals surface area contributed by atoms with E-state index < -0.39 is 5.41 Å². The van der Waals surface area contributed by atoms with Gasteiger partial charge in [-0.3, -0.25) is 0 Å². The van der Waals surface area contributed by atoms with Crippen molar-refractivity contribution < 1.29 is 4.74 Å². The Morgan fingerprint density at radius 2 is 0.779 bits per heavy atom. The molecule has 13 rings (SSSR count). The number of nitrogens with zero attached hydrogens (tertiary/aromatic N) is 2. The Morgan fingerprint density at radius 1 is 0.294 bits per heavy atom. The van der Waals surface area contributed by atoms with Gasteiger partial charge in [-0.15, -0.1) is 0 Å². The third kappa shape index (κ3) is 6.21. The Morgan fingerprint density at radius 3 is 1.46 bits per heavy atom. The third-order valence-electron chi connectivity index (χ3n) is 13.9. The molecule has 0 amide bonds. The van der Waals surface area contributed by atoms with Crippen LogP contribution < -0.4 is 14.5 Å². The van der Waals surface area contributed by atoms with E-state index in [1.54, 1.807) is 0 Å². The largest absolute Gasteiger partial charge is 0.452 e. The van der Waals surface area contributed by atoms with Crippen molar-refractivity contribution in [2.45, 2.75) is 5.41 Å². The van der Waals surface area contributed by atoms with Gasteiger partial charge in [0.2, 0.25) is 0 Å². The van der Waals surface area contributed by atoms with E-state index in [0.717, 1.165) is 73.1 Å². The third-order valence-corrected chi connectivity index (χ3v) is 13.9. The average Bonchev–Trinajstić information content (AvgIpc) is 3.71. The number of hydrogen-bond acceptors (Lipinski definition) is 3. The molecule has 0 saturated heterocycles. The van der Waals surface area contributed by atoms with Gasteiger partial charge >= 0.3 is 0 Å². The second-order valence-corrected chi connectivity index (χ2v) is 17.6. The Hall–Kier alpha value is -8.92. The molecule has 0 unspecified atom stereocenters. The fourth-order valence-electron chi connectivity index (χ4n) is 11.0. The number of benzene rings is 11. The van der Waals surface area contributed by atoms with Gasteiger partial charge < -0.3 is 14.5 Å². The molecule has 0 N–H and O–H groups in total. The Balaban J connectivity index is 1.06. The first-order valence-corrected chi connectivity index (χ1v) is 23.3. The van der Waals surface area contributed by atoms with Gasteiger partial charge in [-0.1, -0.05) is 206 Å². The van der Waals surface area contributed by atoms with Crippen molar-refractivity contribution in [3.63, 3.8) is 0 Å². The normalized spacial score (nSPS) is 12.6. The number of fused-ring (bicyclic) bond motifs is 5. The van der Waals surface area contributed by atoms with Crippen molar-refractivity contribution >= 4 is 44.9 Å². The number of ether oxygens (including phenoxy) is 1. The summed E-state index contributed by atoms with van der Waals surface area (Å²) in [5, 5.41) is 2.21. The number of para-hydroxylation sites is 3. The second-order valence-electron chi connectivity index (χ2n) is 17.6. The number of rotatable bonds is 9. The molecule has 2 aliphatic rings. The molecule has 11 aromatic carbocycles. The summed E-state index contributed by atoms with van der Waals surface area (Å²) in [6, 6.07) is 96.5. The van der Waals surface area contributed by atoms with E-state index in [4.69, 9.17) is 4.74 Å². The van der Waals surface area contributed by atoms with Crippen molar-refractivity contribution in [1.29, 1.82) is 0 Å². The molecule has 0 bridgehead atoms. The van der Waals surface area contributed by atoms with Gasteiger partial charge in [-0.25, -0.2) is 0 Å². The lowest BCUT2D eigenvalue weighted by atomic mass is 9.67. The fraction of sp³-hybridized carbons (Fsp3) is 0.0154. The van der Waals surface area contributed by atoms with Crippen LogP contribution in [-0.2, 0) is 5.41 Å². The minimum absolute atomic E-state index is 0.569. The van der Waals surface area contributed by atoms with Crippen LogP contribution in [0.4, 0.5) is 34.1 Å². The molecule has 68 heavy (non-hydrogen) atoms. The molecule has 1 aliphatic heterocycles. The highest BCUT2D eigenvalue weighted by Gasteiger charge is 2.46. The second kappa shape index (κ2) is 16.2. The van der Waals surface area contributed by atoms with Crippen LogP contribution in [0.25, 0.3) is 44.2 Å². The molecular weight excluding hydrogens is 825 g/mol. The lowest BCUT2D eigenvalue weighted by molar-refractivity contribution is 0.489. The summed E-state index contributed by atoms with van der Waals surface area (Å²) >= 11 is 0. The maximum Gasteiger partial charge on any atom is 0.160 e. The molecule has 1 heterocycles. The molecule has 3 heteroatoms. The standard InChI is InChI=1S/C65H44N2O/c1-6-20-45(21-7-1)46-36-39-52(40-37-46)67(53-41-42-55-54-31-16-17-34-58(54)65(59(55)44-53,48-23-8-2-9-24-48)49-25-10-3-11-26-49)61-43-38-47-22-18-32-56-57-33-19-35-60(63(57)68-64(61)62(47)56)66(50-27-12-4-13-28-50)51-29-14-5-15-30-51/h1-44H. The van der Waals surface area contributed by atoms with Crippen LogP contribution in [0.3, 0.4) is 0 Å². The number of anilines is 6. The van der Waals surface area contributed by atoms with Crippen LogP contribution in [0.5, 0.6) is 11.5 Å². The molecule has 0 fully saturated rings. The van der Waals surface area contributed by atoms with E-state index >= 15 is 0 Å². The maximum absolute atomic E-state index is 7.59. The van der Waals surface area contributed by atoms with Crippen LogP contribution in [0.1, 0.15) is 22.3 Å². The topological polar surface area (TPSA) is 15.7 Å². The van der Waals surface area contributed by atoms with Crippen LogP contribution in [-0.4, -0.2) is 0 Å². The van der Waals surface area contributed by atoms with E-state index in [1.165, 1.54) is 38.9 Å². The first-order valence-electron chi connectivity index (χ1n) is 23.3. The molecule has 11 aromatic rings. The van der Waals surface area contributed by atoms with E-state index in [9.17, 15) is 0 Å². The van der Waals surface area contributed by atoms with Gasteiger partial charge in [0.25, 0.3) is 0 Å². The van der Waals surface area contributed by atoms with Crippen LogP contribution in [0, 0.1) is 0 Å². The zero-order valence-corrected chi connectivity index (χ0v) is 37.2. The molecule has 0 radical (unpaired) electrons. The van der Waals surface area contributed by atoms with E-state index in [0.29, 0.717) is 0 Å². The first-order chi connectivity index (χ1) is 33.8. The first kappa shape index (κ1) is 39.4. The lowest BCUT2D eigenvalue weighted by Gasteiger charge is -2.35. The molecule has 0 aromatic heterocycles. The fourth-order valence-corrected chi connectivity index (χ4v) is 11.0. The van der Waals surface area contributed by atoms with Gasteiger partial charge in [-0.2, -0.15) is 0 Å². The van der Waals surface area contributed by atoms with Gasteiger partial charge in [0.15, 0.2) is 11.5 Å². The van der Waals surface area contributed by atoms with Crippen molar-refractivity contribution in [3.8, 4) is 44.9 Å². The Kier molecular flexibility index (Phi) is 9.40. The minimum atomic E-state index is -0.569.